The Kier molecular flexibility index (Phi) is 7.19. The van der Waals surface area contributed by atoms with Gasteiger partial charge in [-0.3, -0.25) is 9.69 Å². The fourth-order valence-electron chi connectivity index (χ4n) is 3.46. The number of benzene rings is 3. The molecule has 1 aromatic heterocycles. The first-order valence-corrected chi connectivity index (χ1v) is 12.6. The van der Waals surface area contributed by atoms with Gasteiger partial charge in [0.05, 0.1) is 23.2 Å². The predicted octanol–water partition coefficient (Wildman–Crippen LogP) is 7.53. The number of hydrogen-bond donors (Lipinski definition) is 0. The highest BCUT2D eigenvalue weighted by molar-refractivity contribution is 7.99. The molecule has 164 valence electrons. The number of aryl methyl sites for hydroxylation is 1. The van der Waals surface area contributed by atoms with E-state index in [0.29, 0.717) is 28.4 Å². The molecule has 1 amide bonds. The molecule has 0 radical (unpaired) electrons. The Morgan fingerprint density at radius 1 is 1.03 bits per heavy atom. The van der Waals surface area contributed by atoms with Crippen LogP contribution in [0.25, 0.3) is 10.2 Å². The van der Waals surface area contributed by atoms with E-state index >= 15 is 0 Å². The highest BCUT2D eigenvalue weighted by Crippen LogP contribution is 2.34. The molecule has 0 saturated heterocycles. The first kappa shape index (κ1) is 22.8. The van der Waals surface area contributed by atoms with Gasteiger partial charge in [-0.2, -0.15) is 0 Å². The molecular formula is C26H25ClN2OS2. The van der Waals surface area contributed by atoms with Gasteiger partial charge in [-0.1, -0.05) is 79.2 Å². The number of nitrogens with zero attached hydrogens (tertiary/aromatic N) is 2. The standard InChI is InChI=1S/C26H25ClN2OS2/c1-17(2)31-21-11-9-19(10-12-21)15-24(30)29(16-20-7-5-4-6-8-20)26-28-25-18(3)22(27)13-14-23(25)32-26/h4-14,17H,15-16H2,1-3H3. The van der Waals surface area contributed by atoms with Crippen molar-refractivity contribution in [1.82, 2.24) is 4.98 Å². The average Bonchev–Trinajstić information content (AvgIpc) is 3.21. The third-order valence-corrected chi connectivity index (χ3v) is 7.57. The summed E-state index contributed by atoms with van der Waals surface area (Å²) in [5.41, 5.74) is 3.87. The normalized spacial score (nSPS) is 11.3. The minimum Gasteiger partial charge on any atom is -0.283 e. The van der Waals surface area contributed by atoms with Crippen LogP contribution in [0.1, 0.15) is 30.5 Å². The van der Waals surface area contributed by atoms with Gasteiger partial charge < -0.3 is 0 Å². The van der Waals surface area contributed by atoms with E-state index < -0.39 is 0 Å². The molecule has 0 saturated carbocycles. The second-order valence-corrected chi connectivity index (χ2v) is 11.0. The molecule has 3 nitrogen and oxygen atoms in total. The summed E-state index contributed by atoms with van der Waals surface area (Å²) in [5, 5.41) is 1.92. The zero-order valence-corrected chi connectivity index (χ0v) is 20.7. The van der Waals surface area contributed by atoms with Crippen LogP contribution >= 0.6 is 34.7 Å². The van der Waals surface area contributed by atoms with Crippen LogP contribution in [0, 0.1) is 6.92 Å². The van der Waals surface area contributed by atoms with Gasteiger partial charge in [0.25, 0.3) is 0 Å². The van der Waals surface area contributed by atoms with Gasteiger partial charge in [0.1, 0.15) is 0 Å². The van der Waals surface area contributed by atoms with Crippen molar-refractivity contribution in [3.05, 3.63) is 88.4 Å². The summed E-state index contributed by atoms with van der Waals surface area (Å²) in [6, 6.07) is 22.2. The van der Waals surface area contributed by atoms with Crippen molar-refractivity contribution in [2.75, 3.05) is 4.90 Å². The van der Waals surface area contributed by atoms with Crippen LogP contribution in [0.3, 0.4) is 0 Å². The molecule has 0 fully saturated rings. The predicted molar refractivity (Wildman–Crippen MR) is 138 cm³/mol. The van der Waals surface area contributed by atoms with Crippen molar-refractivity contribution in [3.63, 3.8) is 0 Å². The Bertz CT molecular complexity index is 1220. The van der Waals surface area contributed by atoms with Crippen LogP contribution in [-0.4, -0.2) is 16.1 Å². The van der Waals surface area contributed by atoms with Gasteiger partial charge in [-0.05, 0) is 47.9 Å². The lowest BCUT2D eigenvalue weighted by molar-refractivity contribution is -0.118. The number of aromatic nitrogens is 1. The third-order valence-electron chi connectivity index (χ3n) is 5.10. The number of thiazole rings is 1. The van der Waals surface area contributed by atoms with Crippen LogP contribution in [0.2, 0.25) is 5.02 Å². The summed E-state index contributed by atoms with van der Waals surface area (Å²) in [7, 11) is 0. The Morgan fingerprint density at radius 3 is 2.44 bits per heavy atom. The molecular weight excluding hydrogens is 456 g/mol. The Labute approximate surface area is 202 Å². The van der Waals surface area contributed by atoms with Crippen LogP contribution in [0.15, 0.2) is 71.6 Å². The number of amides is 1. The van der Waals surface area contributed by atoms with Crippen LogP contribution in [0.5, 0.6) is 0 Å². The lowest BCUT2D eigenvalue weighted by Crippen LogP contribution is -2.31. The molecule has 0 aliphatic heterocycles. The monoisotopic (exact) mass is 480 g/mol. The first-order valence-electron chi connectivity index (χ1n) is 10.6. The number of fused-ring (bicyclic) bond motifs is 1. The second-order valence-electron chi connectivity index (χ2n) is 7.97. The van der Waals surface area contributed by atoms with Crippen LogP contribution in [0.4, 0.5) is 5.13 Å². The van der Waals surface area contributed by atoms with Gasteiger partial charge in [-0.25, -0.2) is 4.98 Å². The van der Waals surface area contributed by atoms with Gasteiger partial charge in [0.2, 0.25) is 5.91 Å². The maximum Gasteiger partial charge on any atom is 0.233 e. The number of thioether (sulfide) groups is 1. The van der Waals surface area contributed by atoms with Crippen LogP contribution < -0.4 is 4.90 Å². The van der Waals surface area contributed by atoms with Crippen molar-refractivity contribution < 1.29 is 4.79 Å². The van der Waals surface area contributed by atoms with E-state index in [9.17, 15) is 4.79 Å². The maximum atomic E-state index is 13.5. The Balaban J connectivity index is 1.63. The number of carbonyl (C=O) groups is 1. The maximum absolute atomic E-state index is 13.5. The van der Waals surface area contributed by atoms with Gasteiger partial charge in [0.15, 0.2) is 5.13 Å². The smallest absolute Gasteiger partial charge is 0.233 e. The summed E-state index contributed by atoms with van der Waals surface area (Å²) >= 11 is 9.65. The van der Waals surface area contributed by atoms with E-state index in [2.05, 4.69) is 26.0 Å². The number of hydrogen-bond acceptors (Lipinski definition) is 4. The fraction of sp³-hybridized carbons (Fsp3) is 0.231. The molecule has 3 aromatic carbocycles. The molecule has 4 rings (SSSR count). The summed E-state index contributed by atoms with van der Waals surface area (Å²) in [6.45, 7) is 6.80. The molecule has 0 N–H and O–H groups in total. The molecule has 1 heterocycles. The minimum atomic E-state index is 0.0286. The highest BCUT2D eigenvalue weighted by Gasteiger charge is 2.21. The molecule has 4 aromatic rings. The lowest BCUT2D eigenvalue weighted by atomic mass is 10.1. The molecule has 0 spiro atoms. The van der Waals surface area contributed by atoms with Gasteiger partial charge in [0, 0.05) is 15.2 Å². The van der Waals surface area contributed by atoms with E-state index in [1.165, 1.54) is 16.2 Å². The number of anilines is 1. The van der Waals surface area contributed by atoms with Crippen molar-refractivity contribution in [2.24, 2.45) is 0 Å². The summed E-state index contributed by atoms with van der Waals surface area (Å²) in [4.78, 5) is 21.3. The molecule has 0 aliphatic rings. The molecule has 0 bridgehead atoms. The van der Waals surface area contributed by atoms with E-state index in [-0.39, 0.29) is 5.91 Å². The molecule has 0 unspecified atom stereocenters. The summed E-state index contributed by atoms with van der Waals surface area (Å²) < 4.78 is 1.03. The Hall–Kier alpha value is -2.34. The van der Waals surface area contributed by atoms with E-state index in [1.807, 2.05) is 73.3 Å². The second kappa shape index (κ2) is 10.1. The van der Waals surface area contributed by atoms with Crippen molar-refractivity contribution in [2.45, 2.75) is 43.9 Å². The van der Waals surface area contributed by atoms with Gasteiger partial charge in [-0.15, -0.1) is 11.8 Å². The zero-order valence-electron chi connectivity index (χ0n) is 18.3. The minimum absolute atomic E-state index is 0.0286. The SMILES string of the molecule is Cc1c(Cl)ccc2sc(N(Cc3ccccc3)C(=O)Cc3ccc(SC(C)C)cc3)nc12. The van der Waals surface area contributed by atoms with E-state index in [1.54, 1.807) is 4.90 Å². The summed E-state index contributed by atoms with van der Waals surface area (Å²) in [6.07, 6.45) is 0.328. The zero-order chi connectivity index (χ0) is 22.7. The van der Waals surface area contributed by atoms with E-state index in [0.717, 1.165) is 26.9 Å². The molecule has 0 atom stereocenters. The number of rotatable bonds is 7. The fourth-order valence-corrected chi connectivity index (χ4v) is 5.49. The van der Waals surface area contributed by atoms with Crippen LogP contribution in [-0.2, 0) is 17.8 Å². The number of halogens is 1. The van der Waals surface area contributed by atoms with E-state index in [4.69, 9.17) is 16.6 Å². The number of carbonyl (C=O) groups excluding carboxylic acids is 1. The highest BCUT2D eigenvalue weighted by atomic mass is 35.5. The van der Waals surface area contributed by atoms with Crippen molar-refractivity contribution in [1.29, 1.82) is 0 Å². The molecule has 32 heavy (non-hydrogen) atoms. The van der Waals surface area contributed by atoms with Crippen molar-refractivity contribution >= 4 is 56.0 Å². The van der Waals surface area contributed by atoms with Crippen molar-refractivity contribution in [3.8, 4) is 0 Å². The Morgan fingerprint density at radius 2 is 1.75 bits per heavy atom. The molecule has 6 heteroatoms. The lowest BCUT2D eigenvalue weighted by Gasteiger charge is -2.20. The quantitative estimate of drug-likeness (QED) is 0.256. The third kappa shape index (κ3) is 5.34. The molecule has 0 aliphatic carbocycles. The summed E-state index contributed by atoms with van der Waals surface area (Å²) in [5.74, 6) is 0.0286. The van der Waals surface area contributed by atoms with Gasteiger partial charge >= 0.3 is 0 Å². The topological polar surface area (TPSA) is 33.2 Å². The first-order chi connectivity index (χ1) is 15.4. The largest absolute Gasteiger partial charge is 0.283 e. The average molecular weight is 481 g/mol.